The third kappa shape index (κ3) is 4.68. The molecule has 0 aliphatic heterocycles. The van der Waals surface area contributed by atoms with Crippen LogP contribution in [0.3, 0.4) is 0 Å². The molecule has 2 aromatic carbocycles. The van der Waals surface area contributed by atoms with Crippen LogP contribution in [0.15, 0.2) is 70.2 Å². The lowest BCUT2D eigenvalue weighted by Crippen LogP contribution is -2.31. The summed E-state index contributed by atoms with van der Waals surface area (Å²) in [6, 6.07) is 17.7. The lowest BCUT2D eigenvalue weighted by molar-refractivity contribution is -0.116. The molecule has 0 aliphatic carbocycles. The molecule has 0 saturated heterocycles. The highest BCUT2D eigenvalue weighted by Crippen LogP contribution is 2.32. The van der Waals surface area contributed by atoms with E-state index in [4.69, 9.17) is 14.1 Å². The minimum absolute atomic E-state index is 0.0120. The molecular weight excluding hydrogens is 416 g/mol. The Morgan fingerprint density at radius 3 is 2.73 bits per heavy atom. The second-order valence-electron chi connectivity index (χ2n) is 6.68. The van der Waals surface area contributed by atoms with Crippen LogP contribution in [0.25, 0.3) is 10.2 Å². The van der Waals surface area contributed by atoms with Crippen molar-refractivity contribution in [2.45, 2.75) is 24.8 Å². The van der Waals surface area contributed by atoms with E-state index in [1.54, 1.807) is 18.3 Å². The average Bonchev–Trinajstić information content (AvgIpc) is 3.45. The molecule has 1 amide bonds. The summed E-state index contributed by atoms with van der Waals surface area (Å²) in [7, 11) is 1.64. The van der Waals surface area contributed by atoms with E-state index in [9.17, 15) is 4.79 Å². The minimum atomic E-state index is -0.0120. The Morgan fingerprint density at radius 2 is 2.03 bits per heavy atom. The van der Waals surface area contributed by atoms with E-state index >= 15 is 0 Å². The molecule has 2 heterocycles. The number of amides is 1. The van der Waals surface area contributed by atoms with Crippen molar-refractivity contribution in [2.24, 2.45) is 0 Å². The maximum absolute atomic E-state index is 13.2. The first kappa shape index (κ1) is 20.5. The van der Waals surface area contributed by atoms with Crippen LogP contribution in [-0.2, 0) is 17.8 Å². The Hall–Kier alpha value is -2.77. The predicted molar refractivity (Wildman–Crippen MR) is 123 cm³/mol. The molecule has 0 bridgehead atoms. The van der Waals surface area contributed by atoms with Gasteiger partial charge in [0, 0.05) is 4.90 Å². The van der Waals surface area contributed by atoms with Gasteiger partial charge in [0.15, 0.2) is 5.13 Å². The molecular formula is C23H22N2O3S2. The molecule has 4 rings (SSSR count). The number of fused-ring (bicyclic) bond motifs is 1. The van der Waals surface area contributed by atoms with Gasteiger partial charge in [-0.1, -0.05) is 24.3 Å². The topological polar surface area (TPSA) is 55.6 Å². The van der Waals surface area contributed by atoms with Gasteiger partial charge in [-0.3, -0.25) is 9.69 Å². The Kier molecular flexibility index (Phi) is 6.40. The van der Waals surface area contributed by atoms with Crippen molar-refractivity contribution in [2.75, 3.05) is 17.8 Å². The summed E-state index contributed by atoms with van der Waals surface area (Å²) in [6.07, 6.45) is 2.59. The van der Waals surface area contributed by atoms with Crippen molar-refractivity contribution in [1.29, 1.82) is 0 Å². The van der Waals surface area contributed by atoms with Crippen LogP contribution in [0.4, 0.5) is 5.13 Å². The van der Waals surface area contributed by atoms with Gasteiger partial charge in [-0.15, -0.1) is 11.8 Å². The van der Waals surface area contributed by atoms with Crippen LogP contribution in [0, 0.1) is 0 Å². The quantitative estimate of drug-likeness (QED) is 0.326. The zero-order chi connectivity index (χ0) is 20.9. The van der Waals surface area contributed by atoms with Crippen molar-refractivity contribution in [1.82, 2.24) is 4.98 Å². The Labute approximate surface area is 183 Å². The van der Waals surface area contributed by atoms with E-state index in [0.717, 1.165) is 33.0 Å². The van der Waals surface area contributed by atoms with Crippen molar-refractivity contribution in [3.63, 3.8) is 0 Å². The zero-order valence-corrected chi connectivity index (χ0v) is 18.5. The summed E-state index contributed by atoms with van der Waals surface area (Å²) < 4.78 is 11.8. The number of hydrogen-bond acceptors (Lipinski definition) is 6. The lowest BCUT2D eigenvalue weighted by Gasteiger charge is -2.18. The zero-order valence-electron chi connectivity index (χ0n) is 16.8. The largest absolute Gasteiger partial charge is 0.497 e. The predicted octanol–water partition coefficient (Wildman–Crippen LogP) is 5.79. The molecule has 0 unspecified atom stereocenters. The smallest absolute Gasteiger partial charge is 0.239 e. The number of ether oxygens (including phenoxy) is 1. The van der Waals surface area contributed by atoms with Crippen molar-refractivity contribution in [3.05, 3.63) is 72.2 Å². The number of carbonyl (C=O) groups is 1. The maximum atomic E-state index is 13.2. The summed E-state index contributed by atoms with van der Waals surface area (Å²) in [5.74, 6) is 1.82. The summed E-state index contributed by atoms with van der Waals surface area (Å²) in [4.78, 5) is 20.6. The first-order valence-electron chi connectivity index (χ1n) is 9.65. The fourth-order valence-electron chi connectivity index (χ4n) is 3.01. The average molecular weight is 439 g/mol. The number of carbonyl (C=O) groups excluding carboxylic acids is 1. The van der Waals surface area contributed by atoms with Gasteiger partial charge in [0.25, 0.3) is 0 Å². The third-order valence-electron chi connectivity index (χ3n) is 4.70. The standard InChI is InChI=1S/C23H22N2O3S2/c1-3-16-6-11-20-21(13-16)30-23(24-20)25(14-18-5-4-12-28-18)22(26)15-29-19-9-7-17(27-2)8-10-19/h4-13H,3,14-15H2,1-2H3. The highest BCUT2D eigenvalue weighted by Gasteiger charge is 2.21. The molecule has 2 aromatic heterocycles. The normalized spacial score (nSPS) is 11.0. The van der Waals surface area contributed by atoms with E-state index in [-0.39, 0.29) is 5.91 Å². The Morgan fingerprint density at radius 1 is 1.20 bits per heavy atom. The van der Waals surface area contributed by atoms with Crippen LogP contribution in [0.2, 0.25) is 0 Å². The number of nitrogens with zero attached hydrogens (tertiary/aromatic N) is 2. The van der Waals surface area contributed by atoms with Gasteiger partial charge < -0.3 is 9.15 Å². The molecule has 5 nitrogen and oxygen atoms in total. The molecule has 0 atom stereocenters. The summed E-state index contributed by atoms with van der Waals surface area (Å²) in [5, 5.41) is 0.690. The van der Waals surface area contributed by atoms with Crippen LogP contribution < -0.4 is 9.64 Å². The van der Waals surface area contributed by atoms with Gasteiger partial charge in [-0.05, 0) is 60.5 Å². The van der Waals surface area contributed by atoms with E-state index in [1.807, 2.05) is 42.5 Å². The fraction of sp³-hybridized carbons (Fsp3) is 0.217. The van der Waals surface area contributed by atoms with Gasteiger partial charge in [-0.2, -0.15) is 0 Å². The fourth-order valence-corrected chi connectivity index (χ4v) is 4.83. The van der Waals surface area contributed by atoms with E-state index in [2.05, 4.69) is 19.1 Å². The number of methoxy groups -OCH3 is 1. The van der Waals surface area contributed by atoms with E-state index in [1.165, 1.54) is 28.7 Å². The number of aryl methyl sites for hydroxylation is 1. The van der Waals surface area contributed by atoms with Gasteiger partial charge in [0.1, 0.15) is 11.5 Å². The maximum Gasteiger partial charge on any atom is 0.239 e. The lowest BCUT2D eigenvalue weighted by atomic mass is 10.2. The molecule has 0 N–H and O–H groups in total. The number of anilines is 1. The monoisotopic (exact) mass is 438 g/mol. The molecule has 30 heavy (non-hydrogen) atoms. The highest BCUT2D eigenvalue weighted by atomic mass is 32.2. The van der Waals surface area contributed by atoms with E-state index < -0.39 is 0 Å². The number of rotatable bonds is 8. The molecule has 154 valence electrons. The van der Waals surface area contributed by atoms with Crippen molar-refractivity contribution >= 4 is 44.4 Å². The van der Waals surface area contributed by atoms with Crippen LogP contribution in [0.5, 0.6) is 5.75 Å². The Balaban J connectivity index is 1.56. The van der Waals surface area contributed by atoms with Crippen molar-refractivity contribution in [3.8, 4) is 5.75 Å². The van der Waals surface area contributed by atoms with Gasteiger partial charge >= 0.3 is 0 Å². The molecule has 4 aromatic rings. The SMILES string of the molecule is CCc1ccc2nc(N(Cc3ccco3)C(=O)CSc3ccc(OC)cc3)sc2c1. The number of hydrogen-bond donors (Lipinski definition) is 0. The molecule has 0 saturated carbocycles. The van der Waals surface area contributed by atoms with Gasteiger partial charge in [0.2, 0.25) is 5.91 Å². The van der Waals surface area contributed by atoms with E-state index in [0.29, 0.717) is 17.4 Å². The number of thioether (sulfide) groups is 1. The summed E-state index contributed by atoms with van der Waals surface area (Å²) in [5.41, 5.74) is 2.17. The number of furan rings is 1. The van der Waals surface area contributed by atoms with Gasteiger partial charge in [-0.25, -0.2) is 4.98 Å². The molecule has 0 radical (unpaired) electrons. The molecule has 0 fully saturated rings. The third-order valence-corrected chi connectivity index (χ3v) is 6.74. The molecule has 0 aliphatic rings. The van der Waals surface area contributed by atoms with Crippen LogP contribution in [-0.4, -0.2) is 23.8 Å². The first-order chi connectivity index (χ1) is 14.7. The Bertz CT molecular complexity index is 1120. The first-order valence-corrected chi connectivity index (χ1v) is 11.5. The minimum Gasteiger partial charge on any atom is -0.497 e. The summed E-state index contributed by atoms with van der Waals surface area (Å²) >= 11 is 3.03. The molecule has 0 spiro atoms. The van der Waals surface area contributed by atoms with Crippen LogP contribution >= 0.6 is 23.1 Å². The number of thiazole rings is 1. The molecule has 7 heteroatoms. The number of aromatic nitrogens is 1. The second kappa shape index (κ2) is 9.36. The highest BCUT2D eigenvalue weighted by molar-refractivity contribution is 8.00. The number of benzene rings is 2. The van der Waals surface area contributed by atoms with Crippen LogP contribution in [0.1, 0.15) is 18.2 Å². The summed E-state index contributed by atoms with van der Waals surface area (Å²) in [6.45, 7) is 2.49. The van der Waals surface area contributed by atoms with Gasteiger partial charge in [0.05, 0.1) is 35.9 Å². The second-order valence-corrected chi connectivity index (χ2v) is 8.73. The van der Waals surface area contributed by atoms with Crippen molar-refractivity contribution < 1.29 is 13.9 Å².